The summed E-state index contributed by atoms with van der Waals surface area (Å²) in [6, 6.07) is 55.1. The highest BCUT2D eigenvalue weighted by Gasteiger charge is 2.42. The van der Waals surface area contributed by atoms with Gasteiger partial charge in [-0.15, -0.1) is 0 Å². The van der Waals surface area contributed by atoms with Gasteiger partial charge in [0.15, 0.2) is 0 Å². The first-order valence-electron chi connectivity index (χ1n) is 19.0. The molecular weight excluding hydrogens is 641 g/mol. The van der Waals surface area contributed by atoms with Crippen molar-refractivity contribution in [3.8, 4) is 27.9 Å². The molecule has 0 amide bonds. The van der Waals surface area contributed by atoms with Crippen molar-refractivity contribution in [1.29, 1.82) is 0 Å². The number of rotatable bonds is 2. The second-order valence-electron chi connectivity index (χ2n) is 17.0. The number of nitrogens with zero attached hydrogens (tertiary/aromatic N) is 2. The van der Waals surface area contributed by atoms with Crippen LogP contribution >= 0.6 is 0 Å². The Morgan fingerprint density at radius 2 is 0.887 bits per heavy atom. The monoisotopic (exact) mass is 682 g/mol. The van der Waals surface area contributed by atoms with Gasteiger partial charge < -0.3 is 9.47 Å². The molecule has 0 spiro atoms. The molecule has 0 N–H and O–H groups in total. The van der Waals surface area contributed by atoms with E-state index < -0.39 is 0 Å². The summed E-state index contributed by atoms with van der Waals surface area (Å²) in [5, 5.41) is 2.53. The van der Waals surface area contributed by atoms with Crippen molar-refractivity contribution in [2.24, 2.45) is 0 Å². The number of para-hydroxylation sites is 2. The van der Waals surface area contributed by atoms with E-state index in [9.17, 15) is 0 Å². The lowest BCUT2D eigenvalue weighted by atomic mass is 9.72. The Morgan fingerprint density at radius 3 is 1.64 bits per heavy atom. The summed E-state index contributed by atoms with van der Waals surface area (Å²) in [6.45, 7) is 14.3. The molecule has 2 nitrogen and oxygen atoms in total. The molecule has 256 valence electrons. The summed E-state index contributed by atoms with van der Waals surface area (Å²) in [5.74, 6) is 0. The Kier molecular flexibility index (Phi) is 5.90. The fourth-order valence-corrected chi connectivity index (χ4v) is 10.4. The number of hydrogen-bond acceptors (Lipinski definition) is 1. The maximum absolute atomic E-state index is 2.54. The molecule has 1 aliphatic heterocycles. The molecule has 0 radical (unpaired) electrons. The van der Waals surface area contributed by atoms with Crippen molar-refractivity contribution in [3.63, 3.8) is 0 Å². The minimum atomic E-state index is -0.166. The van der Waals surface area contributed by atoms with Crippen LogP contribution in [0.25, 0.3) is 49.7 Å². The summed E-state index contributed by atoms with van der Waals surface area (Å²) in [4.78, 5) is 2.54. The Balaban J connectivity index is 1.13. The van der Waals surface area contributed by atoms with Crippen molar-refractivity contribution in [3.05, 3.63) is 179 Å². The maximum atomic E-state index is 2.54. The average molecular weight is 683 g/mol. The van der Waals surface area contributed by atoms with Crippen LogP contribution in [-0.4, -0.2) is 4.57 Å². The van der Waals surface area contributed by atoms with Crippen LogP contribution in [0.15, 0.2) is 146 Å². The van der Waals surface area contributed by atoms with Crippen LogP contribution in [0.5, 0.6) is 0 Å². The van der Waals surface area contributed by atoms with Crippen molar-refractivity contribution < 1.29 is 0 Å². The summed E-state index contributed by atoms with van der Waals surface area (Å²) >= 11 is 0. The van der Waals surface area contributed by atoms with Gasteiger partial charge in [-0.2, -0.15) is 0 Å². The van der Waals surface area contributed by atoms with Gasteiger partial charge in [0.2, 0.25) is 0 Å². The van der Waals surface area contributed by atoms with Gasteiger partial charge in [0.1, 0.15) is 0 Å². The molecule has 2 heterocycles. The maximum Gasteiger partial charge on any atom is 0.0542 e. The van der Waals surface area contributed by atoms with Crippen LogP contribution in [0.3, 0.4) is 0 Å². The molecule has 0 saturated heterocycles. The topological polar surface area (TPSA) is 8.17 Å². The minimum absolute atomic E-state index is 0.0627. The molecule has 1 aromatic heterocycles. The largest absolute Gasteiger partial charge is 0.310 e. The highest BCUT2D eigenvalue weighted by atomic mass is 15.2. The zero-order chi connectivity index (χ0) is 36.0. The third-order valence-electron chi connectivity index (χ3n) is 13.2. The molecule has 2 heteroatoms. The van der Waals surface area contributed by atoms with Crippen molar-refractivity contribution in [2.75, 3.05) is 4.90 Å². The fourth-order valence-electron chi connectivity index (χ4n) is 10.4. The van der Waals surface area contributed by atoms with Crippen LogP contribution in [0.1, 0.15) is 74.9 Å². The Hall–Kier alpha value is -5.86. The first kappa shape index (κ1) is 30.7. The summed E-state index contributed by atoms with van der Waals surface area (Å²) in [6.07, 6.45) is 0. The predicted molar refractivity (Wildman–Crippen MR) is 223 cm³/mol. The SMILES string of the molecule is CC1(C)c2ccccc2-c2ccc(-n3c4ccccc4c4cc(N5c6ccccc6C(C)(C)c6cc7c(cc65)C(C)(C)c5ccccc5-7)ccc43)cc21. The number of fused-ring (bicyclic) bond motifs is 11. The average Bonchev–Trinajstić information content (AvgIpc) is 3.71. The Bertz CT molecular complexity index is 2880. The van der Waals surface area contributed by atoms with E-state index in [1.807, 2.05) is 0 Å². The lowest BCUT2D eigenvalue weighted by molar-refractivity contribution is 0.627. The van der Waals surface area contributed by atoms with Gasteiger partial charge >= 0.3 is 0 Å². The van der Waals surface area contributed by atoms with Crippen molar-refractivity contribution >= 4 is 38.9 Å². The molecule has 0 atom stereocenters. The zero-order valence-corrected chi connectivity index (χ0v) is 31.3. The van der Waals surface area contributed by atoms with Gasteiger partial charge in [0.05, 0.1) is 22.4 Å². The molecule has 53 heavy (non-hydrogen) atoms. The first-order valence-corrected chi connectivity index (χ1v) is 19.0. The first-order chi connectivity index (χ1) is 25.6. The highest BCUT2D eigenvalue weighted by molar-refractivity contribution is 6.11. The third-order valence-corrected chi connectivity index (χ3v) is 13.2. The number of benzene rings is 7. The number of aromatic nitrogens is 1. The molecule has 3 aliphatic rings. The molecule has 0 unspecified atom stereocenters. The summed E-state index contributed by atoms with van der Waals surface area (Å²) in [7, 11) is 0. The van der Waals surface area contributed by atoms with Crippen LogP contribution in [0, 0.1) is 0 Å². The highest BCUT2D eigenvalue weighted by Crippen LogP contribution is 2.58. The molecule has 11 rings (SSSR count). The Labute approximate surface area is 312 Å². The second-order valence-corrected chi connectivity index (χ2v) is 17.0. The van der Waals surface area contributed by atoms with Gasteiger partial charge in [0.25, 0.3) is 0 Å². The third kappa shape index (κ3) is 3.88. The molecule has 0 saturated carbocycles. The fraction of sp³-hybridized carbons (Fsp3) is 0.176. The van der Waals surface area contributed by atoms with Gasteiger partial charge in [-0.25, -0.2) is 0 Å². The van der Waals surface area contributed by atoms with E-state index in [0.717, 1.165) is 0 Å². The normalized spacial score (nSPS) is 16.5. The minimum Gasteiger partial charge on any atom is -0.310 e. The summed E-state index contributed by atoms with van der Waals surface area (Å²) in [5.41, 5.74) is 20.8. The zero-order valence-electron chi connectivity index (χ0n) is 31.3. The van der Waals surface area contributed by atoms with Gasteiger partial charge in [-0.1, -0.05) is 133 Å². The van der Waals surface area contributed by atoms with Crippen molar-refractivity contribution in [1.82, 2.24) is 4.57 Å². The van der Waals surface area contributed by atoms with E-state index in [1.165, 1.54) is 100 Å². The summed E-state index contributed by atoms with van der Waals surface area (Å²) < 4.78 is 2.47. The van der Waals surface area contributed by atoms with Gasteiger partial charge in [0, 0.05) is 38.4 Å². The Morgan fingerprint density at radius 1 is 0.340 bits per heavy atom. The lowest BCUT2D eigenvalue weighted by Crippen LogP contribution is -2.31. The molecule has 7 aromatic carbocycles. The molecule has 0 bridgehead atoms. The van der Waals surface area contributed by atoms with E-state index in [1.54, 1.807) is 0 Å². The van der Waals surface area contributed by atoms with Crippen LogP contribution < -0.4 is 4.90 Å². The number of anilines is 3. The quantitative estimate of drug-likeness (QED) is 0.176. The van der Waals surface area contributed by atoms with E-state index in [2.05, 4.69) is 197 Å². The van der Waals surface area contributed by atoms with Gasteiger partial charge in [-0.3, -0.25) is 0 Å². The van der Waals surface area contributed by atoms with E-state index in [-0.39, 0.29) is 16.2 Å². The molecular formula is C51H42N2. The van der Waals surface area contributed by atoms with E-state index in [4.69, 9.17) is 0 Å². The standard InChI is InChI=1S/C51H42N2/c1-49(2)39-18-10-7-15-33(39)35-25-23-32(28-42(35)49)52-45-21-13-9-17-36(45)38-27-31(24-26-46(38)52)53-47-22-14-12-20-41(47)51(5,6)44-29-37-34-16-8-11-19-40(34)50(3,4)43(37)30-48(44)53/h7-30H,1-6H3. The number of hydrogen-bond donors (Lipinski definition) is 0. The smallest absolute Gasteiger partial charge is 0.0542 e. The van der Waals surface area contributed by atoms with Crippen LogP contribution in [0.2, 0.25) is 0 Å². The van der Waals surface area contributed by atoms with E-state index in [0.29, 0.717) is 0 Å². The molecule has 8 aromatic rings. The van der Waals surface area contributed by atoms with Crippen molar-refractivity contribution in [2.45, 2.75) is 57.8 Å². The van der Waals surface area contributed by atoms with Crippen LogP contribution in [-0.2, 0) is 16.2 Å². The molecule has 2 aliphatic carbocycles. The predicted octanol–water partition coefficient (Wildman–Crippen LogP) is 13.5. The molecule has 0 fully saturated rings. The second kappa shape index (κ2) is 10.2. The van der Waals surface area contributed by atoms with E-state index >= 15 is 0 Å². The lowest BCUT2D eigenvalue weighted by Gasteiger charge is -2.43. The van der Waals surface area contributed by atoms with Gasteiger partial charge in [-0.05, 0) is 110 Å². The van der Waals surface area contributed by atoms with Crippen LogP contribution in [0.4, 0.5) is 17.1 Å².